The molecular formula is C23H28N4O2S. The fourth-order valence-corrected chi connectivity index (χ4v) is 5.42. The van der Waals surface area contributed by atoms with Gasteiger partial charge in [-0.2, -0.15) is 5.10 Å². The number of amides is 2. The number of nitrogens with one attached hydrogen (secondary N) is 1. The van der Waals surface area contributed by atoms with Gasteiger partial charge in [-0.05, 0) is 55.9 Å². The van der Waals surface area contributed by atoms with Gasteiger partial charge in [0.15, 0.2) is 0 Å². The number of hydrogen-bond acceptors (Lipinski definition) is 4. The van der Waals surface area contributed by atoms with Crippen LogP contribution < -0.4 is 5.32 Å². The monoisotopic (exact) mass is 424 g/mol. The van der Waals surface area contributed by atoms with Gasteiger partial charge in [-0.15, -0.1) is 11.3 Å². The highest BCUT2D eigenvalue weighted by atomic mass is 32.1. The molecule has 0 aliphatic carbocycles. The first-order valence-electron chi connectivity index (χ1n) is 10.4. The van der Waals surface area contributed by atoms with Crippen LogP contribution in [0.3, 0.4) is 0 Å². The van der Waals surface area contributed by atoms with Gasteiger partial charge in [0.1, 0.15) is 4.83 Å². The Balaban J connectivity index is 1.56. The predicted octanol–water partition coefficient (Wildman–Crippen LogP) is 4.62. The third-order valence-corrected chi connectivity index (χ3v) is 7.01. The lowest BCUT2D eigenvalue weighted by Gasteiger charge is -2.35. The molecule has 4 rings (SSSR count). The molecule has 2 unspecified atom stereocenters. The smallest absolute Gasteiger partial charge is 0.265 e. The van der Waals surface area contributed by atoms with Gasteiger partial charge < -0.3 is 10.2 Å². The van der Waals surface area contributed by atoms with Gasteiger partial charge in [-0.25, -0.2) is 0 Å². The number of piperidine rings is 1. The van der Waals surface area contributed by atoms with Gasteiger partial charge in [0.05, 0.1) is 10.6 Å². The number of hydrogen-bond donors (Lipinski definition) is 1. The summed E-state index contributed by atoms with van der Waals surface area (Å²) in [5.41, 5.74) is 3.14. The molecule has 7 heteroatoms. The number of anilines is 1. The van der Waals surface area contributed by atoms with Gasteiger partial charge in [0.25, 0.3) is 11.8 Å². The van der Waals surface area contributed by atoms with E-state index >= 15 is 0 Å². The first-order chi connectivity index (χ1) is 14.2. The summed E-state index contributed by atoms with van der Waals surface area (Å²) in [7, 11) is 1.88. The number of rotatable bonds is 3. The molecule has 2 aromatic heterocycles. The second-order valence-electron chi connectivity index (χ2n) is 8.68. The average molecular weight is 425 g/mol. The van der Waals surface area contributed by atoms with Crippen molar-refractivity contribution in [3.63, 3.8) is 0 Å². The molecule has 1 N–H and O–H groups in total. The van der Waals surface area contributed by atoms with Crippen LogP contribution in [0.2, 0.25) is 0 Å². The van der Waals surface area contributed by atoms with Crippen LogP contribution in [-0.4, -0.2) is 39.6 Å². The number of aromatic nitrogens is 2. The van der Waals surface area contributed by atoms with Crippen molar-refractivity contribution in [2.24, 2.45) is 18.9 Å². The highest BCUT2D eigenvalue weighted by Gasteiger charge is 2.26. The van der Waals surface area contributed by atoms with Crippen LogP contribution >= 0.6 is 11.3 Å². The predicted molar refractivity (Wildman–Crippen MR) is 121 cm³/mol. The zero-order valence-electron chi connectivity index (χ0n) is 18.2. The van der Waals surface area contributed by atoms with Crippen molar-refractivity contribution in [3.8, 4) is 0 Å². The Hall–Kier alpha value is -2.67. The summed E-state index contributed by atoms with van der Waals surface area (Å²) in [5, 5.41) is 8.39. The van der Waals surface area contributed by atoms with Crippen LogP contribution in [0.15, 0.2) is 24.3 Å². The zero-order valence-corrected chi connectivity index (χ0v) is 19.0. The molecule has 3 aromatic rings. The summed E-state index contributed by atoms with van der Waals surface area (Å²) in [6.07, 6.45) is 1.16. The van der Waals surface area contributed by atoms with E-state index < -0.39 is 0 Å². The van der Waals surface area contributed by atoms with E-state index in [2.05, 4.69) is 24.3 Å². The summed E-state index contributed by atoms with van der Waals surface area (Å²) in [6, 6.07) is 7.45. The van der Waals surface area contributed by atoms with Crippen LogP contribution in [0.5, 0.6) is 0 Å². The Morgan fingerprint density at radius 3 is 2.50 bits per heavy atom. The summed E-state index contributed by atoms with van der Waals surface area (Å²) in [6.45, 7) is 9.84. The summed E-state index contributed by atoms with van der Waals surface area (Å²) in [5.74, 6) is 0.887. The largest absolute Gasteiger partial charge is 0.338 e. The Bertz CT molecular complexity index is 1090. The fourth-order valence-electron chi connectivity index (χ4n) is 4.40. The van der Waals surface area contributed by atoms with E-state index in [9.17, 15) is 9.59 Å². The van der Waals surface area contributed by atoms with Crippen molar-refractivity contribution in [2.45, 2.75) is 34.1 Å². The average Bonchev–Trinajstić information content (AvgIpc) is 3.24. The lowest BCUT2D eigenvalue weighted by Crippen LogP contribution is -2.42. The van der Waals surface area contributed by atoms with Crippen molar-refractivity contribution in [1.29, 1.82) is 0 Å². The molecule has 1 aliphatic heterocycles. The maximum absolute atomic E-state index is 13.1. The number of benzene rings is 1. The van der Waals surface area contributed by atoms with Gasteiger partial charge in [0, 0.05) is 36.8 Å². The molecule has 0 bridgehead atoms. The van der Waals surface area contributed by atoms with E-state index in [0.717, 1.165) is 41.0 Å². The SMILES string of the molecule is Cc1ccc(C(=O)N2CC(C)CC(C)C2)cc1NC(=O)c1cc2c(C)nn(C)c2s1. The minimum absolute atomic E-state index is 0.0347. The van der Waals surface area contributed by atoms with E-state index in [4.69, 9.17) is 0 Å². The third kappa shape index (κ3) is 3.86. The number of likely N-dealkylation sites (tertiary alicyclic amines) is 1. The topological polar surface area (TPSA) is 67.2 Å². The summed E-state index contributed by atoms with van der Waals surface area (Å²) in [4.78, 5) is 29.5. The van der Waals surface area contributed by atoms with Crippen LogP contribution in [-0.2, 0) is 7.05 Å². The number of nitrogens with zero attached hydrogens (tertiary/aromatic N) is 3. The lowest BCUT2D eigenvalue weighted by molar-refractivity contribution is 0.0623. The van der Waals surface area contributed by atoms with Crippen molar-refractivity contribution < 1.29 is 9.59 Å². The van der Waals surface area contributed by atoms with E-state index in [0.29, 0.717) is 28.0 Å². The van der Waals surface area contributed by atoms with Crippen molar-refractivity contribution in [2.75, 3.05) is 18.4 Å². The molecule has 0 spiro atoms. The molecule has 1 aromatic carbocycles. The molecule has 0 saturated carbocycles. The fraction of sp³-hybridized carbons (Fsp3) is 0.435. The van der Waals surface area contributed by atoms with Crippen molar-refractivity contribution >= 4 is 39.1 Å². The summed E-state index contributed by atoms with van der Waals surface area (Å²) < 4.78 is 1.80. The van der Waals surface area contributed by atoms with Crippen LogP contribution in [0.25, 0.3) is 10.2 Å². The standard InChI is InChI=1S/C23H28N4O2S/c1-13-8-14(2)12-27(11-13)22(29)17-7-6-15(3)19(9-17)24-21(28)20-10-18-16(4)25-26(5)23(18)30-20/h6-7,9-10,13-14H,8,11-12H2,1-5H3,(H,24,28). The first-order valence-corrected chi connectivity index (χ1v) is 11.2. The molecule has 158 valence electrons. The second-order valence-corrected chi connectivity index (χ2v) is 9.71. The van der Waals surface area contributed by atoms with Gasteiger partial charge in [-0.1, -0.05) is 19.9 Å². The number of fused-ring (bicyclic) bond motifs is 1. The Labute approximate surface area is 180 Å². The van der Waals surface area contributed by atoms with Gasteiger partial charge >= 0.3 is 0 Å². The number of aryl methyl sites for hydroxylation is 3. The van der Waals surface area contributed by atoms with Crippen LogP contribution in [0, 0.1) is 25.7 Å². The lowest BCUT2D eigenvalue weighted by atomic mass is 9.91. The normalized spacial score (nSPS) is 19.3. The van der Waals surface area contributed by atoms with E-state index in [1.54, 1.807) is 10.7 Å². The maximum Gasteiger partial charge on any atom is 0.265 e. The molecule has 2 amide bonds. The third-order valence-electron chi connectivity index (χ3n) is 5.81. The molecule has 0 radical (unpaired) electrons. The van der Waals surface area contributed by atoms with E-state index in [-0.39, 0.29) is 11.8 Å². The Kier molecular flexibility index (Phi) is 5.40. The van der Waals surface area contributed by atoms with Crippen molar-refractivity contribution in [1.82, 2.24) is 14.7 Å². The molecule has 3 heterocycles. The van der Waals surface area contributed by atoms with Crippen LogP contribution in [0.4, 0.5) is 5.69 Å². The quantitative estimate of drug-likeness (QED) is 0.667. The second kappa shape index (κ2) is 7.87. The number of carbonyl (C=O) groups is 2. The Morgan fingerprint density at radius 2 is 1.83 bits per heavy atom. The number of carbonyl (C=O) groups excluding carboxylic acids is 2. The minimum Gasteiger partial charge on any atom is -0.338 e. The van der Waals surface area contributed by atoms with E-state index in [1.165, 1.54) is 11.3 Å². The van der Waals surface area contributed by atoms with Gasteiger partial charge in [-0.3, -0.25) is 14.3 Å². The first kappa shape index (κ1) is 20.6. The molecule has 1 aliphatic rings. The molecule has 1 saturated heterocycles. The van der Waals surface area contributed by atoms with Gasteiger partial charge in [0.2, 0.25) is 0 Å². The maximum atomic E-state index is 13.1. The highest BCUT2D eigenvalue weighted by Crippen LogP contribution is 2.29. The highest BCUT2D eigenvalue weighted by molar-refractivity contribution is 7.20. The molecule has 1 fully saturated rings. The molecule has 6 nitrogen and oxygen atoms in total. The van der Waals surface area contributed by atoms with Crippen LogP contribution in [0.1, 0.15) is 51.6 Å². The number of thiophene rings is 1. The molecule has 30 heavy (non-hydrogen) atoms. The molecule has 2 atom stereocenters. The van der Waals surface area contributed by atoms with E-state index in [1.807, 2.05) is 44.0 Å². The van der Waals surface area contributed by atoms with Crippen molar-refractivity contribution in [3.05, 3.63) is 46.0 Å². The zero-order chi connectivity index (χ0) is 21.6. The molecular weight excluding hydrogens is 396 g/mol. The Morgan fingerprint density at radius 1 is 1.13 bits per heavy atom. The minimum atomic E-state index is -0.163. The summed E-state index contributed by atoms with van der Waals surface area (Å²) >= 11 is 1.42.